The zero-order valence-corrected chi connectivity index (χ0v) is 71.3. The maximum absolute atomic E-state index is 12.2. The molecule has 2 amide bonds. The topological polar surface area (TPSA) is 491 Å². The van der Waals surface area contributed by atoms with Crippen LogP contribution < -0.4 is 22.1 Å². The number of aliphatic hydroxyl groups excluding tert-OH is 9. The van der Waals surface area contributed by atoms with Crippen molar-refractivity contribution >= 4 is 68.9 Å². The molecule has 27 nitrogen and oxygen atoms in total. The van der Waals surface area contributed by atoms with Gasteiger partial charge in [0.25, 0.3) is 20.2 Å². The number of carboxylic acid groups (broad SMARTS) is 2. The number of aliphatic hydroxyl groups is 9. The highest BCUT2D eigenvalue weighted by Crippen LogP contribution is 2.72. The Balaban J connectivity index is 0.000000192. The summed E-state index contributed by atoms with van der Waals surface area (Å²) in [5.41, 5.74) is 9.10. The number of hydrogen-bond acceptors (Lipinski definition) is 22. The van der Waals surface area contributed by atoms with Gasteiger partial charge in [-0.15, -0.1) is 0 Å². The van der Waals surface area contributed by atoms with E-state index in [9.17, 15) is 86.8 Å². The normalized spacial score (nSPS) is 43.8. The second-order valence-electron chi connectivity index (χ2n) is 38.2. The molecule has 12 fully saturated rings. The Hall–Kier alpha value is -2.41. The summed E-state index contributed by atoms with van der Waals surface area (Å²) in [5, 5.41) is 122. The van der Waals surface area contributed by atoms with Crippen LogP contribution in [0, 0.1) is 139 Å². The van der Waals surface area contributed by atoms with Crippen LogP contribution in [-0.2, 0) is 52.7 Å². The Morgan fingerprint density at radius 3 is 1.06 bits per heavy atom. The van der Waals surface area contributed by atoms with Crippen LogP contribution in [0.25, 0.3) is 0 Å². The molecule has 18 N–H and O–H groups in total. The maximum Gasteiger partial charge on any atom is 0.322 e. The smallest absolute Gasteiger partial charge is 0.322 e. The average Bonchev–Trinajstić information content (AvgIpc) is 1.68. The number of carbonyl (C=O) groups is 5. The predicted molar refractivity (Wildman–Crippen MR) is 423 cm³/mol. The van der Waals surface area contributed by atoms with Gasteiger partial charge in [0.1, 0.15) is 6.54 Å². The third-order valence-electron chi connectivity index (χ3n) is 33.0. The molecule has 11 unspecified atom stereocenters. The first-order valence-corrected chi connectivity index (χ1v) is 45.9. The van der Waals surface area contributed by atoms with Crippen LogP contribution in [0.3, 0.4) is 0 Å². The van der Waals surface area contributed by atoms with Crippen LogP contribution in [0.4, 0.5) is 0 Å². The van der Waals surface area contributed by atoms with Crippen molar-refractivity contribution < 1.29 is 110 Å². The highest BCUT2D eigenvalue weighted by atomic mass is 32.2. The molecule has 0 radical (unpaired) electrons. The van der Waals surface area contributed by atoms with Gasteiger partial charge in [0.15, 0.2) is 0 Å². The van der Waals surface area contributed by atoms with Gasteiger partial charge in [0, 0.05) is 41.8 Å². The Labute approximate surface area is 664 Å². The largest absolute Gasteiger partial charge is 0.481 e. The molecule has 0 saturated heterocycles. The first kappa shape index (κ1) is 94.1. The van der Waals surface area contributed by atoms with Crippen LogP contribution in [0.1, 0.15) is 236 Å². The van der Waals surface area contributed by atoms with Gasteiger partial charge in [-0.25, -0.2) is 0 Å². The molecule has 0 aliphatic heterocycles. The van der Waals surface area contributed by atoms with E-state index in [-0.39, 0.29) is 191 Å². The first-order valence-electron chi connectivity index (χ1n) is 41.7. The Kier molecular flexibility index (Phi) is 32.5. The van der Waals surface area contributed by atoms with E-state index in [1.807, 2.05) is 9.47 Å². The first-order chi connectivity index (χ1) is 51.8. The van der Waals surface area contributed by atoms with Gasteiger partial charge in [-0.2, -0.15) is 16.8 Å². The van der Waals surface area contributed by atoms with Gasteiger partial charge in [0.2, 0.25) is 11.8 Å². The number of hydrogen-bond donors (Lipinski definition) is 16. The number of carboxylic acids is 2. The van der Waals surface area contributed by atoms with Gasteiger partial charge in [-0.05, 0) is 293 Å². The molecule has 0 heterocycles. The summed E-state index contributed by atoms with van der Waals surface area (Å²) in [6.45, 7) is 19.7. The van der Waals surface area contributed by atoms with Crippen molar-refractivity contribution in [1.82, 2.24) is 10.6 Å². The Bertz CT molecular complexity index is 3370. The molecular weight excluding hydrogens is 1510 g/mol. The number of nitrogens with two attached hydrogens (primary N) is 2. The van der Waals surface area contributed by atoms with Crippen molar-refractivity contribution in [1.29, 1.82) is 0 Å². The summed E-state index contributed by atoms with van der Waals surface area (Å²) in [4.78, 5) is 55.8. The molecule has 0 bridgehead atoms. The summed E-state index contributed by atoms with van der Waals surface area (Å²) in [7, 11) is -3.96. The molecule has 31 heteroatoms. The summed E-state index contributed by atoms with van der Waals surface area (Å²) >= 11 is 0. The maximum atomic E-state index is 12.2. The minimum atomic E-state index is -4.10. The van der Waals surface area contributed by atoms with Gasteiger partial charge in [-0.3, -0.25) is 32.5 Å². The fraction of sp³-hybridized carbons (Fsp3) is 0.938. The van der Waals surface area contributed by atoms with Crippen LogP contribution in [0.2, 0.25) is 0 Å². The molecule has 0 aromatic rings. The van der Waals surface area contributed by atoms with Crippen LogP contribution in [0.15, 0.2) is 0 Å². The number of carbonyl (C=O) groups excluding carboxylic acids is 3. The molecule has 0 aromatic carbocycles. The quantitative estimate of drug-likeness (QED) is 0.0417. The minimum absolute atomic E-state index is 0.0509. The SMILES string of the molecule is C[C@H](CCC(=O)NCC(=O)O)[C@H]1CCC2C3C(C[C@H](O)[C@@]21C)[C@@]1(C)CC[C@@H](O)C[C@H]1C[C@H]3O.C[C@H](CCC(=O)NCCS(=O)(=O)O)[C@H]1CCC2C3C(C[C@H](O)[C@@]21C)[C@@]1(C)CC[C@@H](O)C[C@H]1C[C@H]3O.C[C@H](CCC(=O)O)[C@H]1CCC2C3C(C[C@H](O)[C@@]21C)[C@@]1(C)CC[C@@H](O)C[C@H]1C[C@H]3O.NCC(=O)OP.NCCS(=O)(=O)OP. The van der Waals surface area contributed by atoms with Crippen molar-refractivity contribution in [3.63, 3.8) is 0 Å². The van der Waals surface area contributed by atoms with Crippen molar-refractivity contribution in [3.05, 3.63) is 0 Å². The average molecular weight is 1650 g/mol. The number of rotatable bonds is 21. The predicted octanol–water partition coefficient (Wildman–Crippen LogP) is 6.74. The van der Waals surface area contributed by atoms with Crippen LogP contribution >= 0.6 is 18.9 Å². The Morgan fingerprint density at radius 1 is 0.459 bits per heavy atom. The van der Waals surface area contributed by atoms with E-state index in [1.165, 1.54) is 0 Å². The van der Waals surface area contributed by atoms with E-state index in [1.54, 1.807) is 9.47 Å². The van der Waals surface area contributed by atoms with E-state index < -0.39 is 68.3 Å². The zero-order valence-electron chi connectivity index (χ0n) is 67.4. The molecule has 111 heavy (non-hydrogen) atoms. The van der Waals surface area contributed by atoms with Gasteiger partial charge in [0.05, 0.1) is 82.5 Å². The van der Waals surface area contributed by atoms with Gasteiger partial charge >= 0.3 is 17.9 Å². The molecule has 642 valence electrons. The standard InChI is InChI=1S/C26H45NO7S.C26H43NO6.C24H40O5.C2H8NO3PS.C2H6NO2P/c1-15(4-7-23(31)27-10-11-35(32,33)34)18-5-6-19-24-20(14-22(30)26(18,19)3)25(2)9-8-17(28)12-16(25)13-21(24)29;1-14(4-7-22(31)27-13-23(32)33)17-5-6-18-24-19(12-21(30)26(17,18)3)25(2)9-8-16(28)10-15(25)11-20(24)29;1-13(4-7-21(28)29)16-5-6-17-22-18(12-20(27)24(16,17)3)23(2)9-8-15(25)10-14(23)11-19(22)26;3-1-2-8(4,5)6-7;3-1-2(4)5-6/h15-22,24,28-30H,4-14H2,1-3H3,(H,27,31)(H,32,33,34);14-21,24,28-30H,4-13H2,1-3H3,(H,27,31)(H,32,33);13-20,22,25-27H,4-12H2,1-3H3,(H,28,29);1-3,7H2;1,3,6H2/t15-,16+,17-,18-,19?,20?,21-,22+,24?,25+,26-;14-,15+,16-,17-,18?,19?,20-,21+,24?,25+,26-;13-,14+,15-,16-,17?,18?,19-,20+,22?,23+,24-;;/m111../s1. The number of aliphatic carboxylic acids is 2. The monoisotopic (exact) mass is 1650 g/mol. The van der Waals surface area contributed by atoms with E-state index in [4.69, 9.17) is 26.2 Å². The van der Waals surface area contributed by atoms with Crippen molar-refractivity contribution in [2.75, 3.05) is 37.7 Å². The second kappa shape index (κ2) is 38.3. The van der Waals surface area contributed by atoms with E-state index in [0.717, 1.165) is 122 Å². The Morgan fingerprint density at radius 2 is 0.793 bits per heavy atom. The number of amides is 2. The van der Waals surface area contributed by atoms with E-state index in [0.29, 0.717) is 74.0 Å². The lowest BCUT2D eigenvalue weighted by atomic mass is 9.43. The summed E-state index contributed by atoms with van der Waals surface area (Å²) in [6.07, 6.45) is 17.5. The fourth-order valence-electron chi connectivity index (χ4n) is 27.0. The second-order valence-corrected chi connectivity index (χ2v) is 42.3. The lowest BCUT2D eigenvalue weighted by Gasteiger charge is -2.63. The highest BCUT2D eigenvalue weighted by Gasteiger charge is 2.69. The summed E-state index contributed by atoms with van der Waals surface area (Å²) in [5.74, 6) is 1.42. The van der Waals surface area contributed by atoms with Crippen molar-refractivity contribution in [2.24, 2.45) is 150 Å². The number of nitrogens with one attached hydrogen (secondary N) is 2. The molecule has 0 spiro atoms. The molecule has 12 aliphatic carbocycles. The van der Waals surface area contributed by atoms with Crippen LogP contribution in [-0.4, -0.2) is 200 Å². The third-order valence-corrected chi connectivity index (χ3v) is 35.9. The summed E-state index contributed by atoms with van der Waals surface area (Å²) in [6, 6.07) is 0. The van der Waals surface area contributed by atoms with Crippen LogP contribution in [0.5, 0.6) is 0 Å². The van der Waals surface area contributed by atoms with E-state index in [2.05, 4.69) is 81.4 Å². The molecule has 12 aliphatic rings. The molecule has 12 rings (SSSR count). The summed E-state index contributed by atoms with van der Waals surface area (Å²) < 4.78 is 59.1. The lowest BCUT2D eigenvalue weighted by Crippen LogP contribution is -2.62. The fourth-order valence-corrected chi connectivity index (χ4v) is 28.1. The highest BCUT2D eigenvalue weighted by molar-refractivity contribution is 7.88. The molecule has 0 aromatic heterocycles. The number of fused-ring (bicyclic) bond motifs is 15. The lowest BCUT2D eigenvalue weighted by molar-refractivity contribution is -0.207. The molecule has 35 atom stereocenters. The third kappa shape index (κ3) is 20.4. The van der Waals surface area contributed by atoms with Gasteiger partial charge in [-0.1, -0.05) is 62.3 Å². The van der Waals surface area contributed by atoms with E-state index >= 15 is 0 Å². The molecule has 12 saturated carbocycles. The van der Waals surface area contributed by atoms with Crippen molar-refractivity contribution in [3.8, 4) is 0 Å². The minimum Gasteiger partial charge on any atom is -0.481 e. The van der Waals surface area contributed by atoms with Crippen molar-refractivity contribution in [2.45, 2.75) is 291 Å². The van der Waals surface area contributed by atoms with Gasteiger partial charge < -0.3 is 82.8 Å². The molecular formula is C80H142N4O23P2S2. The zero-order chi connectivity index (χ0) is 82.6.